The highest BCUT2D eigenvalue weighted by Crippen LogP contribution is 2.34. The molecule has 1 aromatic carbocycles. The largest absolute Gasteiger partial charge is 0.454 e. The van der Waals surface area contributed by atoms with Crippen molar-refractivity contribution in [2.75, 3.05) is 18.7 Å². The Morgan fingerprint density at radius 2 is 1.40 bits per heavy atom. The van der Waals surface area contributed by atoms with Gasteiger partial charge in [0.05, 0.1) is 17.8 Å². The van der Waals surface area contributed by atoms with Crippen LogP contribution in [0, 0.1) is 13.8 Å². The number of anilines is 1. The fourth-order valence-corrected chi connectivity index (χ4v) is 6.70. The van der Waals surface area contributed by atoms with Gasteiger partial charge in [0, 0.05) is 46.5 Å². The Kier molecular flexibility index (Phi) is 8.11. The molecule has 8 rings (SSSR count). The molecule has 7 aromatic rings. The molecular weight excluding hydrogens is 630 g/mol. The second-order valence-electron chi connectivity index (χ2n) is 9.93. The fraction of sp³-hybridized carbons (Fsp3) is 0.161. The van der Waals surface area contributed by atoms with Gasteiger partial charge < -0.3 is 14.8 Å². The minimum absolute atomic E-state index is 0.290. The Hall–Kier alpha value is -4.85. The summed E-state index contributed by atoms with van der Waals surface area (Å²) < 4.78 is 10.8. The summed E-state index contributed by atoms with van der Waals surface area (Å²) in [6, 6.07) is 10.1. The number of fused-ring (bicyclic) bond motifs is 3. The van der Waals surface area contributed by atoms with Gasteiger partial charge in [-0.25, -0.2) is 29.9 Å². The van der Waals surface area contributed by atoms with Crippen molar-refractivity contribution in [2.24, 2.45) is 0 Å². The van der Waals surface area contributed by atoms with E-state index in [1.807, 2.05) is 25.1 Å². The summed E-state index contributed by atoms with van der Waals surface area (Å²) in [7, 11) is 0. The SMILES string of the molecule is Cc1cc2c(Cl)nc(-c3cnccn3)nc2s1.Cc1cc2c(NCCc3ccc4c(c3)OCO4)nc(-c3cnccn3)nc2s1. The molecule has 1 N–H and O–H groups in total. The lowest BCUT2D eigenvalue weighted by atomic mass is 10.1. The predicted molar refractivity (Wildman–Crippen MR) is 176 cm³/mol. The standard InChI is InChI=1S/C20H17N5O2S.C11H7ClN4S/c1-12-8-14-18(23-5-4-13-2-3-16-17(9-13)27-11-26-16)24-19(25-20(14)28-12)15-10-21-6-7-22-15;1-6-4-7-9(12)15-10(16-11(7)17-6)8-5-13-2-3-14-8/h2-3,6-10H,4-5,11H2,1H3,(H,23,24,25);2-5H,1H3. The van der Waals surface area contributed by atoms with Gasteiger partial charge in [-0.15, -0.1) is 22.7 Å². The van der Waals surface area contributed by atoms with Crippen molar-refractivity contribution in [3.05, 3.63) is 88.0 Å². The maximum absolute atomic E-state index is 6.13. The van der Waals surface area contributed by atoms with E-state index < -0.39 is 0 Å². The van der Waals surface area contributed by atoms with Crippen molar-refractivity contribution < 1.29 is 9.47 Å². The molecule has 0 radical (unpaired) electrons. The number of nitrogens with one attached hydrogen (secondary N) is 1. The van der Waals surface area contributed by atoms with Gasteiger partial charge in [0.25, 0.3) is 0 Å². The van der Waals surface area contributed by atoms with Crippen molar-refractivity contribution in [1.82, 2.24) is 39.9 Å². The minimum Gasteiger partial charge on any atom is -0.454 e. The van der Waals surface area contributed by atoms with E-state index in [2.05, 4.69) is 59.3 Å². The summed E-state index contributed by atoms with van der Waals surface area (Å²) in [5, 5.41) is 5.84. The number of halogens is 1. The normalized spacial score (nSPS) is 11.9. The Morgan fingerprint density at radius 1 is 0.756 bits per heavy atom. The monoisotopic (exact) mass is 653 g/mol. The summed E-state index contributed by atoms with van der Waals surface area (Å²) >= 11 is 9.37. The first-order chi connectivity index (χ1) is 22.0. The first-order valence-electron chi connectivity index (χ1n) is 13.9. The molecule has 7 heterocycles. The van der Waals surface area contributed by atoms with Crippen LogP contribution in [0.1, 0.15) is 15.3 Å². The molecule has 1 aliphatic heterocycles. The zero-order valence-electron chi connectivity index (χ0n) is 24.1. The van der Waals surface area contributed by atoms with E-state index in [1.165, 1.54) is 10.4 Å². The van der Waals surface area contributed by atoms with E-state index in [4.69, 9.17) is 26.1 Å². The molecule has 0 bridgehead atoms. The molecule has 0 atom stereocenters. The smallest absolute Gasteiger partial charge is 0.231 e. The fourth-order valence-electron chi connectivity index (χ4n) is 4.66. The third-order valence-electron chi connectivity index (χ3n) is 6.71. The van der Waals surface area contributed by atoms with Crippen LogP contribution in [0.3, 0.4) is 0 Å². The number of aryl methyl sites for hydroxylation is 2. The Morgan fingerprint density at radius 3 is 2.09 bits per heavy atom. The number of hydrogen-bond acceptors (Lipinski definition) is 13. The number of hydrogen-bond donors (Lipinski definition) is 1. The summed E-state index contributed by atoms with van der Waals surface area (Å²) in [5.41, 5.74) is 2.47. The van der Waals surface area contributed by atoms with Crippen LogP contribution in [-0.2, 0) is 6.42 Å². The van der Waals surface area contributed by atoms with E-state index in [-0.39, 0.29) is 0 Å². The van der Waals surface area contributed by atoms with E-state index in [1.54, 1.807) is 59.9 Å². The van der Waals surface area contributed by atoms with Crippen LogP contribution in [0.15, 0.2) is 67.5 Å². The van der Waals surface area contributed by atoms with Crippen LogP contribution in [0.4, 0.5) is 5.82 Å². The van der Waals surface area contributed by atoms with Crippen LogP contribution in [0.5, 0.6) is 11.5 Å². The Balaban J connectivity index is 0.000000163. The molecule has 1 aliphatic rings. The molecule has 11 nitrogen and oxygen atoms in total. The zero-order valence-corrected chi connectivity index (χ0v) is 26.4. The van der Waals surface area contributed by atoms with Gasteiger partial charge in [-0.05, 0) is 50.1 Å². The lowest BCUT2D eigenvalue weighted by Gasteiger charge is -2.09. The highest BCUT2D eigenvalue weighted by atomic mass is 35.5. The van der Waals surface area contributed by atoms with Crippen molar-refractivity contribution in [1.29, 1.82) is 0 Å². The summed E-state index contributed by atoms with van der Waals surface area (Å²) in [6.45, 7) is 5.12. The number of aromatic nitrogens is 8. The van der Waals surface area contributed by atoms with Crippen LogP contribution < -0.4 is 14.8 Å². The molecule has 45 heavy (non-hydrogen) atoms. The quantitative estimate of drug-likeness (QED) is 0.187. The van der Waals surface area contributed by atoms with E-state index in [9.17, 15) is 0 Å². The van der Waals surface area contributed by atoms with E-state index in [0.717, 1.165) is 55.6 Å². The maximum atomic E-state index is 6.13. The lowest BCUT2D eigenvalue weighted by molar-refractivity contribution is 0.174. The molecule has 6 aromatic heterocycles. The number of rotatable bonds is 6. The van der Waals surface area contributed by atoms with Crippen molar-refractivity contribution in [2.45, 2.75) is 20.3 Å². The molecule has 0 spiro atoms. The van der Waals surface area contributed by atoms with Gasteiger partial charge in [-0.1, -0.05) is 17.7 Å². The lowest BCUT2D eigenvalue weighted by Crippen LogP contribution is -2.08. The molecule has 0 saturated carbocycles. The van der Waals surface area contributed by atoms with Gasteiger partial charge in [0.15, 0.2) is 23.1 Å². The van der Waals surface area contributed by atoms with Crippen LogP contribution in [0.25, 0.3) is 43.5 Å². The van der Waals surface area contributed by atoms with E-state index in [0.29, 0.717) is 35.0 Å². The third kappa shape index (κ3) is 6.36. The van der Waals surface area contributed by atoms with E-state index >= 15 is 0 Å². The van der Waals surface area contributed by atoms with Crippen LogP contribution in [-0.4, -0.2) is 53.2 Å². The average Bonchev–Trinajstić information content (AvgIpc) is 3.79. The molecular formula is C31H24ClN9O2S2. The highest BCUT2D eigenvalue weighted by molar-refractivity contribution is 7.19. The molecule has 0 aliphatic carbocycles. The van der Waals surface area contributed by atoms with Crippen LogP contribution >= 0.6 is 34.3 Å². The Bertz CT molecular complexity index is 2130. The first kappa shape index (κ1) is 28.9. The van der Waals surface area contributed by atoms with Gasteiger partial charge in [-0.3, -0.25) is 9.97 Å². The van der Waals surface area contributed by atoms with Crippen LogP contribution in [0.2, 0.25) is 5.15 Å². The molecule has 0 amide bonds. The Labute approximate surface area is 270 Å². The molecule has 0 saturated heterocycles. The highest BCUT2D eigenvalue weighted by Gasteiger charge is 2.15. The predicted octanol–water partition coefficient (Wildman–Crippen LogP) is 6.95. The number of nitrogens with zero attached hydrogens (tertiary/aromatic N) is 8. The topological polar surface area (TPSA) is 134 Å². The molecule has 224 valence electrons. The van der Waals surface area contributed by atoms with Gasteiger partial charge in [-0.2, -0.15) is 0 Å². The second kappa shape index (κ2) is 12.6. The van der Waals surface area contributed by atoms with Gasteiger partial charge in [0.2, 0.25) is 6.79 Å². The maximum Gasteiger partial charge on any atom is 0.231 e. The third-order valence-corrected chi connectivity index (χ3v) is 8.89. The second-order valence-corrected chi connectivity index (χ2v) is 12.8. The zero-order chi connectivity index (χ0) is 30.8. The number of ether oxygens (including phenoxy) is 2. The molecule has 14 heteroatoms. The summed E-state index contributed by atoms with van der Waals surface area (Å²) in [6.07, 6.45) is 10.6. The minimum atomic E-state index is 0.290. The first-order valence-corrected chi connectivity index (χ1v) is 15.9. The number of benzene rings is 1. The summed E-state index contributed by atoms with van der Waals surface area (Å²) in [5.74, 6) is 3.51. The van der Waals surface area contributed by atoms with Gasteiger partial charge >= 0.3 is 0 Å². The molecule has 0 unspecified atom stereocenters. The average molecular weight is 654 g/mol. The van der Waals surface area contributed by atoms with Crippen molar-refractivity contribution in [3.63, 3.8) is 0 Å². The van der Waals surface area contributed by atoms with Crippen molar-refractivity contribution in [3.8, 4) is 34.5 Å². The van der Waals surface area contributed by atoms with Gasteiger partial charge in [0.1, 0.15) is 32.0 Å². The van der Waals surface area contributed by atoms with Crippen molar-refractivity contribution >= 4 is 60.5 Å². The number of thiophene rings is 2. The molecule has 0 fully saturated rings. The summed E-state index contributed by atoms with van der Waals surface area (Å²) in [4.78, 5) is 38.9.